The lowest BCUT2D eigenvalue weighted by atomic mass is 10.0. The van der Waals surface area contributed by atoms with Crippen LogP contribution < -0.4 is 0 Å². The Morgan fingerprint density at radius 2 is 2.35 bits per heavy atom. The van der Waals surface area contributed by atoms with Crippen LogP contribution in [0.2, 0.25) is 0 Å². The molecule has 1 aliphatic rings. The van der Waals surface area contributed by atoms with E-state index in [0.717, 1.165) is 25.9 Å². The fourth-order valence-corrected chi connectivity index (χ4v) is 2.43. The molecule has 0 bridgehead atoms. The van der Waals surface area contributed by atoms with Gasteiger partial charge >= 0.3 is 5.97 Å². The normalized spacial score (nSPS) is 21.9. The summed E-state index contributed by atoms with van der Waals surface area (Å²) in [5.41, 5.74) is 0.292. The zero-order valence-electron chi connectivity index (χ0n) is 10.3. The molecule has 1 aromatic heterocycles. The van der Waals surface area contributed by atoms with Gasteiger partial charge in [0, 0.05) is 18.8 Å². The van der Waals surface area contributed by atoms with E-state index >= 15 is 0 Å². The van der Waals surface area contributed by atoms with Gasteiger partial charge < -0.3 is 5.11 Å². The maximum absolute atomic E-state index is 11.1. The van der Waals surface area contributed by atoms with E-state index in [-0.39, 0.29) is 6.04 Å². The van der Waals surface area contributed by atoms with Crippen molar-refractivity contribution in [3.63, 3.8) is 0 Å². The molecule has 1 unspecified atom stereocenters. The quantitative estimate of drug-likeness (QED) is 0.868. The molecule has 1 fully saturated rings. The predicted octanol–water partition coefficient (Wildman–Crippen LogP) is 1.63. The van der Waals surface area contributed by atoms with Crippen LogP contribution >= 0.6 is 0 Å². The van der Waals surface area contributed by atoms with Gasteiger partial charge in [0.2, 0.25) is 0 Å². The van der Waals surface area contributed by atoms with Gasteiger partial charge in [0.15, 0.2) is 0 Å². The first-order valence-corrected chi connectivity index (χ1v) is 6.10. The van der Waals surface area contributed by atoms with Gasteiger partial charge in [-0.1, -0.05) is 0 Å². The van der Waals surface area contributed by atoms with Crippen molar-refractivity contribution < 1.29 is 9.90 Å². The van der Waals surface area contributed by atoms with E-state index in [1.807, 2.05) is 0 Å². The van der Waals surface area contributed by atoms with Crippen molar-refractivity contribution in [1.29, 1.82) is 0 Å². The molecule has 5 heteroatoms. The number of rotatable bonds is 3. The molecule has 1 aromatic rings. The third-order valence-corrected chi connectivity index (χ3v) is 3.39. The first-order chi connectivity index (χ1) is 8.09. The molecule has 2 heterocycles. The van der Waals surface area contributed by atoms with Gasteiger partial charge in [-0.2, -0.15) is 5.10 Å². The molecule has 94 valence electrons. The van der Waals surface area contributed by atoms with Gasteiger partial charge in [0.25, 0.3) is 0 Å². The Bertz CT molecular complexity index is 400. The summed E-state index contributed by atoms with van der Waals surface area (Å²) in [5, 5.41) is 13.2. The Balaban J connectivity index is 2.16. The lowest BCUT2D eigenvalue weighted by molar-refractivity contribution is 0.0669. The number of likely N-dealkylation sites (tertiary alicyclic amines) is 1. The second-order valence-electron chi connectivity index (χ2n) is 4.85. The SMILES string of the molecule is CC(C)N1CCCC(n2nccc2C(=O)O)C1. The van der Waals surface area contributed by atoms with Crippen LogP contribution in [0.1, 0.15) is 43.2 Å². The highest BCUT2D eigenvalue weighted by atomic mass is 16.4. The maximum atomic E-state index is 11.1. The highest BCUT2D eigenvalue weighted by molar-refractivity contribution is 5.85. The van der Waals surface area contributed by atoms with Gasteiger partial charge in [-0.15, -0.1) is 0 Å². The molecule has 1 atom stereocenters. The minimum Gasteiger partial charge on any atom is -0.477 e. The molecular weight excluding hydrogens is 218 g/mol. The number of nitrogens with zero attached hydrogens (tertiary/aromatic N) is 3. The van der Waals surface area contributed by atoms with E-state index in [4.69, 9.17) is 5.11 Å². The van der Waals surface area contributed by atoms with E-state index in [2.05, 4.69) is 23.8 Å². The average molecular weight is 237 g/mol. The molecule has 1 N–H and O–H groups in total. The smallest absolute Gasteiger partial charge is 0.354 e. The Morgan fingerprint density at radius 1 is 1.59 bits per heavy atom. The molecule has 5 nitrogen and oxygen atoms in total. The zero-order chi connectivity index (χ0) is 12.4. The number of aromatic nitrogens is 2. The van der Waals surface area contributed by atoms with Crippen LogP contribution in [-0.2, 0) is 0 Å². The number of carboxylic acids is 1. The summed E-state index contributed by atoms with van der Waals surface area (Å²) < 4.78 is 1.66. The Kier molecular flexibility index (Phi) is 3.47. The van der Waals surface area contributed by atoms with Crippen molar-refractivity contribution in [3.8, 4) is 0 Å². The molecule has 0 aliphatic carbocycles. The van der Waals surface area contributed by atoms with Crippen molar-refractivity contribution in [1.82, 2.24) is 14.7 Å². The van der Waals surface area contributed by atoms with Crippen molar-refractivity contribution >= 4 is 5.97 Å². The molecule has 0 aromatic carbocycles. The predicted molar refractivity (Wildman–Crippen MR) is 64.2 cm³/mol. The van der Waals surface area contributed by atoms with Crippen LogP contribution in [0.5, 0.6) is 0 Å². The van der Waals surface area contributed by atoms with Crippen molar-refractivity contribution in [2.45, 2.75) is 38.8 Å². The largest absolute Gasteiger partial charge is 0.477 e. The summed E-state index contributed by atoms with van der Waals surface area (Å²) in [7, 11) is 0. The number of piperidine rings is 1. The molecule has 2 rings (SSSR count). The van der Waals surface area contributed by atoms with Gasteiger partial charge in [-0.3, -0.25) is 9.58 Å². The second-order valence-corrected chi connectivity index (χ2v) is 4.85. The minimum atomic E-state index is -0.899. The van der Waals surface area contributed by atoms with E-state index < -0.39 is 5.97 Å². The molecule has 0 radical (unpaired) electrons. The van der Waals surface area contributed by atoms with Crippen molar-refractivity contribution in [3.05, 3.63) is 18.0 Å². The summed E-state index contributed by atoms with van der Waals surface area (Å²) in [5.74, 6) is -0.899. The van der Waals surface area contributed by atoms with Crippen molar-refractivity contribution in [2.75, 3.05) is 13.1 Å². The van der Waals surface area contributed by atoms with Crippen LogP contribution in [0.25, 0.3) is 0 Å². The summed E-state index contributed by atoms with van der Waals surface area (Å²) in [6.45, 7) is 6.32. The van der Waals surface area contributed by atoms with Gasteiger partial charge in [0.05, 0.1) is 6.04 Å². The molecule has 1 saturated heterocycles. The maximum Gasteiger partial charge on any atom is 0.354 e. The highest BCUT2D eigenvalue weighted by Crippen LogP contribution is 2.23. The molecule has 1 aliphatic heterocycles. The minimum absolute atomic E-state index is 0.187. The summed E-state index contributed by atoms with van der Waals surface area (Å²) in [6.07, 6.45) is 3.67. The molecule has 0 saturated carbocycles. The van der Waals surface area contributed by atoms with E-state index in [1.165, 1.54) is 0 Å². The fraction of sp³-hybridized carbons (Fsp3) is 0.667. The molecule has 0 spiro atoms. The molecular formula is C12H19N3O2. The van der Waals surface area contributed by atoms with Crippen LogP contribution in [0.15, 0.2) is 12.3 Å². The Labute approximate surface area is 101 Å². The van der Waals surface area contributed by atoms with Crippen molar-refractivity contribution in [2.24, 2.45) is 0 Å². The average Bonchev–Trinajstić information content (AvgIpc) is 2.78. The first-order valence-electron chi connectivity index (χ1n) is 6.10. The molecule has 17 heavy (non-hydrogen) atoms. The van der Waals surface area contributed by atoms with Gasteiger partial charge in [-0.25, -0.2) is 4.79 Å². The molecule has 0 amide bonds. The number of carbonyl (C=O) groups is 1. The lowest BCUT2D eigenvalue weighted by Crippen LogP contribution is -2.41. The highest BCUT2D eigenvalue weighted by Gasteiger charge is 2.26. The first kappa shape index (κ1) is 12.1. The van der Waals surface area contributed by atoms with E-state index in [1.54, 1.807) is 16.9 Å². The Morgan fingerprint density at radius 3 is 3.00 bits per heavy atom. The van der Waals surface area contributed by atoms with Gasteiger partial charge in [0.1, 0.15) is 5.69 Å². The van der Waals surface area contributed by atoms with Gasteiger partial charge in [-0.05, 0) is 39.3 Å². The number of hydrogen-bond acceptors (Lipinski definition) is 3. The van der Waals surface area contributed by atoms with Crippen LogP contribution in [0.4, 0.5) is 0 Å². The van der Waals surface area contributed by atoms with Crippen LogP contribution in [0, 0.1) is 0 Å². The zero-order valence-corrected chi connectivity index (χ0v) is 10.3. The van der Waals surface area contributed by atoms with Crippen LogP contribution in [0.3, 0.4) is 0 Å². The van der Waals surface area contributed by atoms with E-state index in [9.17, 15) is 4.79 Å². The third kappa shape index (κ3) is 2.49. The summed E-state index contributed by atoms with van der Waals surface area (Å²) in [6, 6.07) is 2.25. The fourth-order valence-electron chi connectivity index (χ4n) is 2.43. The van der Waals surface area contributed by atoms with Crippen LogP contribution in [-0.4, -0.2) is 44.9 Å². The lowest BCUT2D eigenvalue weighted by Gasteiger charge is -2.35. The summed E-state index contributed by atoms with van der Waals surface area (Å²) in [4.78, 5) is 13.4. The Hall–Kier alpha value is -1.36. The number of carboxylic acid groups (broad SMARTS) is 1. The number of aromatic carboxylic acids is 1. The third-order valence-electron chi connectivity index (χ3n) is 3.39. The summed E-state index contributed by atoms with van der Waals surface area (Å²) >= 11 is 0. The number of hydrogen-bond donors (Lipinski definition) is 1. The van der Waals surface area contributed by atoms with E-state index in [0.29, 0.717) is 11.7 Å². The second kappa shape index (κ2) is 4.87. The standard InChI is InChI=1S/C12H19N3O2/c1-9(2)14-7-3-4-10(8-14)15-11(12(16)17)5-6-13-15/h5-6,9-10H,3-4,7-8H2,1-2H3,(H,16,17). The topological polar surface area (TPSA) is 58.4 Å². The monoisotopic (exact) mass is 237 g/mol.